The standard InChI is InChI=1S/C15H30N2O3S/c1-2-15(13-8-4-3-5-9-13)16-21(19,20)17-11-7-6-10-14(17)12-18/h13-16,18H,2-12H2,1H3. The van der Waals surface area contributed by atoms with Crippen LogP contribution in [0.25, 0.3) is 0 Å². The minimum Gasteiger partial charge on any atom is -0.395 e. The number of hydrogen-bond donors (Lipinski definition) is 2. The van der Waals surface area contributed by atoms with Crippen molar-refractivity contribution in [3.05, 3.63) is 0 Å². The van der Waals surface area contributed by atoms with Crippen molar-refractivity contribution in [1.82, 2.24) is 9.03 Å². The number of nitrogens with one attached hydrogen (secondary N) is 1. The maximum Gasteiger partial charge on any atom is 0.280 e. The van der Waals surface area contributed by atoms with Gasteiger partial charge in [-0.25, -0.2) is 0 Å². The molecule has 2 unspecified atom stereocenters. The van der Waals surface area contributed by atoms with Crippen LogP contribution in [0.15, 0.2) is 0 Å². The number of nitrogens with zero attached hydrogens (tertiary/aromatic N) is 1. The molecule has 2 fully saturated rings. The van der Waals surface area contributed by atoms with Crippen LogP contribution in [0.4, 0.5) is 0 Å². The normalized spacial score (nSPS) is 27.6. The maximum absolute atomic E-state index is 12.7. The van der Waals surface area contributed by atoms with E-state index in [1.165, 1.54) is 23.6 Å². The summed E-state index contributed by atoms with van der Waals surface area (Å²) in [5.41, 5.74) is 0. The van der Waals surface area contributed by atoms with E-state index in [2.05, 4.69) is 11.6 Å². The van der Waals surface area contributed by atoms with Crippen LogP contribution in [-0.2, 0) is 10.2 Å². The van der Waals surface area contributed by atoms with Gasteiger partial charge in [-0.3, -0.25) is 0 Å². The molecule has 1 aliphatic heterocycles. The van der Waals surface area contributed by atoms with E-state index in [4.69, 9.17) is 0 Å². The van der Waals surface area contributed by atoms with Crippen molar-refractivity contribution in [2.24, 2.45) is 5.92 Å². The van der Waals surface area contributed by atoms with E-state index in [1.54, 1.807) is 0 Å². The predicted octanol–water partition coefficient (Wildman–Crippen LogP) is 2.03. The Morgan fingerprint density at radius 2 is 1.81 bits per heavy atom. The minimum absolute atomic E-state index is 0.0385. The van der Waals surface area contributed by atoms with Crippen molar-refractivity contribution in [1.29, 1.82) is 0 Å². The summed E-state index contributed by atoms with van der Waals surface area (Å²) >= 11 is 0. The summed E-state index contributed by atoms with van der Waals surface area (Å²) < 4.78 is 29.8. The van der Waals surface area contributed by atoms with E-state index in [0.717, 1.165) is 38.5 Å². The van der Waals surface area contributed by atoms with Crippen LogP contribution in [0, 0.1) is 5.92 Å². The lowest BCUT2D eigenvalue weighted by molar-refractivity contribution is 0.152. The van der Waals surface area contributed by atoms with Crippen LogP contribution >= 0.6 is 0 Å². The third-order valence-electron chi connectivity index (χ3n) is 5.05. The second kappa shape index (κ2) is 7.90. The first-order valence-corrected chi connectivity index (χ1v) is 9.92. The Morgan fingerprint density at radius 3 is 2.43 bits per heavy atom. The molecule has 0 aromatic rings. The molecule has 1 aliphatic carbocycles. The molecular weight excluding hydrogens is 288 g/mol. The summed E-state index contributed by atoms with van der Waals surface area (Å²) in [5.74, 6) is 0.468. The fourth-order valence-electron chi connectivity index (χ4n) is 3.78. The largest absolute Gasteiger partial charge is 0.395 e. The van der Waals surface area contributed by atoms with E-state index < -0.39 is 10.2 Å². The third kappa shape index (κ3) is 4.41. The van der Waals surface area contributed by atoms with Crippen LogP contribution in [-0.4, -0.2) is 43.1 Å². The topological polar surface area (TPSA) is 69.6 Å². The molecular formula is C15H30N2O3S. The van der Waals surface area contributed by atoms with E-state index in [0.29, 0.717) is 12.5 Å². The van der Waals surface area contributed by atoms with Gasteiger partial charge >= 0.3 is 0 Å². The first-order chi connectivity index (χ1) is 10.1. The highest BCUT2D eigenvalue weighted by Gasteiger charge is 2.34. The Morgan fingerprint density at radius 1 is 1.14 bits per heavy atom. The van der Waals surface area contributed by atoms with Crippen molar-refractivity contribution < 1.29 is 13.5 Å². The smallest absolute Gasteiger partial charge is 0.280 e. The molecule has 1 saturated heterocycles. The van der Waals surface area contributed by atoms with Crippen LogP contribution in [0.1, 0.15) is 64.7 Å². The van der Waals surface area contributed by atoms with Crippen LogP contribution < -0.4 is 4.72 Å². The quantitative estimate of drug-likeness (QED) is 0.787. The molecule has 1 saturated carbocycles. The van der Waals surface area contributed by atoms with Gasteiger partial charge in [0, 0.05) is 18.6 Å². The number of piperidine rings is 1. The molecule has 6 heteroatoms. The van der Waals surface area contributed by atoms with Gasteiger partial charge in [-0.15, -0.1) is 0 Å². The number of hydrogen-bond acceptors (Lipinski definition) is 3. The first-order valence-electron chi connectivity index (χ1n) is 8.48. The van der Waals surface area contributed by atoms with Gasteiger partial charge in [0.15, 0.2) is 0 Å². The monoisotopic (exact) mass is 318 g/mol. The van der Waals surface area contributed by atoms with E-state index in [1.807, 2.05) is 0 Å². The van der Waals surface area contributed by atoms with Crippen molar-refractivity contribution in [3.8, 4) is 0 Å². The fraction of sp³-hybridized carbons (Fsp3) is 1.00. The van der Waals surface area contributed by atoms with Crippen molar-refractivity contribution in [2.45, 2.75) is 76.8 Å². The summed E-state index contributed by atoms with van der Waals surface area (Å²) in [6, 6.07) is -0.211. The average Bonchev–Trinajstić information content (AvgIpc) is 2.53. The Kier molecular flexibility index (Phi) is 6.47. The molecule has 0 amide bonds. The fourth-order valence-corrected chi connectivity index (χ4v) is 5.59. The lowest BCUT2D eigenvalue weighted by atomic mass is 9.83. The zero-order valence-electron chi connectivity index (χ0n) is 13.1. The van der Waals surface area contributed by atoms with Gasteiger partial charge in [0.05, 0.1) is 6.61 Å². The molecule has 1 heterocycles. The van der Waals surface area contributed by atoms with Gasteiger partial charge in [0.25, 0.3) is 10.2 Å². The van der Waals surface area contributed by atoms with Crippen molar-refractivity contribution >= 4 is 10.2 Å². The van der Waals surface area contributed by atoms with Gasteiger partial charge in [-0.1, -0.05) is 32.6 Å². The second-order valence-corrected chi connectivity index (χ2v) is 8.13. The first kappa shape index (κ1) is 17.2. The summed E-state index contributed by atoms with van der Waals surface area (Å²) in [7, 11) is -3.48. The Labute approximate surface area is 129 Å². The molecule has 0 spiro atoms. The number of rotatable bonds is 6. The SMILES string of the molecule is CCC(NS(=O)(=O)N1CCCCC1CO)C1CCCCC1. The molecule has 124 valence electrons. The molecule has 0 aromatic heterocycles. The maximum atomic E-state index is 12.7. The second-order valence-electron chi connectivity index (χ2n) is 6.48. The molecule has 2 rings (SSSR count). The lowest BCUT2D eigenvalue weighted by Crippen LogP contribution is -2.53. The molecule has 2 atom stereocenters. The molecule has 21 heavy (non-hydrogen) atoms. The Hall–Kier alpha value is -0.170. The molecule has 5 nitrogen and oxygen atoms in total. The average molecular weight is 318 g/mol. The number of aliphatic hydroxyl groups is 1. The molecule has 0 aromatic carbocycles. The Balaban J connectivity index is 2.03. The van der Waals surface area contributed by atoms with E-state index >= 15 is 0 Å². The highest BCUT2D eigenvalue weighted by Crippen LogP contribution is 2.29. The summed E-state index contributed by atoms with van der Waals surface area (Å²) in [5, 5.41) is 9.43. The van der Waals surface area contributed by atoms with Gasteiger partial charge < -0.3 is 5.11 Å². The molecule has 2 N–H and O–H groups in total. The zero-order valence-corrected chi connectivity index (χ0v) is 13.9. The molecule has 0 bridgehead atoms. The molecule has 2 aliphatic rings. The van der Waals surface area contributed by atoms with E-state index in [-0.39, 0.29) is 18.7 Å². The van der Waals surface area contributed by atoms with Gasteiger partial charge in [-0.2, -0.15) is 17.4 Å². The zero-order chi connectivity index (χ0) is 15.3. The van der Waals surface area contributed by atoms with Crippen molar-refractivity contribution in [2.75, 3.05) is 13.2 Å². The predicted molar refractivity (Wildman–Crippen MR) is 84.1 cm³/mol. The van der Waals surface area contributed by atoms with E-state index in [9.17, 15) is 13.5 Å². The van der Waals surface area contributed by atoms with Gasteiger partial charge in [-0.05, 0) is 38.0 Å². The molecule has 0 radical (unpaired) electrons. The third-order valence-corrected chi connectivity index (χ3v) is 6.75. The van der Waals surface area contributed by atoms with Crippen LogP contribution in [0.5, 0.6) is 0 Å². The summed E-state index contributed by atoms with van der Waals surface area (Å²) in [4.78, 5) is 0. The van der Waals surface area contributed by atoms with Crippen LogP contribution in [0.2, 0.25) is 0 Å². The van der Waals surface area contributed by atoms with Gasteiger partial charge in [0.1, 0.15) is 0 Å². The Bertz CT molecular complexity index is 407. The summed E-state index contributed by atoms with van der Waals surface area (Å²) in [6.45, 7) is 2.50. The lowest BCUT2D eigenvalue weighted by Gasteiger charge is -2.36. The van der Waals surface area contributed by atoms with Crippen LogP contribution in [0.3, 0.4) is 0 Å². The van der Waals surface area contributed by atoms with Gasteiger partial charge in [0.2, 0.25) is 0 Å². The van der Waals surface area contributed by atoms with Crippen molar-refractivity contribution in [3.63, 3.8) is 0 Å². The summed E-state index contributed by atoms with van der Waals surface area (Å²) in [6.07, 6.45) is 9.44. The minimum atomic E-state index is -3.48. The highest BCUT2D eigenvalue weighted by molar-refractivity contribution is 7.87. The number of aliphatic hydroxyl groups excluding tert-OH is 1. The highest BCUT2D eigenvalue weighted by atomic mass is 32.2.